The summed E-state index contributed by atoms with van der Waals surface area (Å²) in [4.78, 5) is 14.5. The first-order valence-electron chi connectivity index (χ1n) is 3.87. The molecule has 0 atom stereocenters. The van der Waals surface area contributed by atoms with Crippen molar-refractivity contribution in [2.45, 2.75) is 6.42 Å². The van der Waals surface area contributed by atoms with Gasteiger partial charge in [-0.15, -0.1) is 0 Å². The van der Waals surface area contributed by atoms with Crippen LogP contribution in [0.15, 0.2) is 29.0 Å². The van der Waals surface area contributed by atoms with E-state index in [1.54, 1.807) is 0 Å². The fraction of sp³-hybridized carbons (Fsp3) is 0.111. The maximum absolute atomic E-state index is 10.3. The van der Waals surface area contributed by atoms with E-state index in [1.807, 2.05) is 28.8 Å². The van der Waals surface area contributed by atoms with E-state index >= 15 is 0 Å². The van der Waals surface area contributed by atoms with Crippen molar-refractivity contribution < 1.29 is 4.79 Å². The van der Waals surface area contributed by atoms with E-state index in [4.69, 9.17) is 0 Å². The van der Waals surface area contributed by atoms with E-state index < -0.39 is 0 Å². The summed E-state index contributed by atoms with van der Waals surface area (Å²) in [5.74, 6) is 0. The molecule has 0 aromatic carbocycles. The van der Waals surface area contributed by atoms with E-state index in [0.717, 1.165) is 22.2 Å². The van der Waals surface area contributed by atoms with Crippen molar-refractivity contribution in [1.82, 2.24) is 9.38 Å². The molecule has 66 valence electrons. The zero-order chi connectivity index (χ0) is 9.26. The molecular formula is C9H7BrN2O. The van der Waals surface area contributed by atoms with Gasteiger partial charge in [-0.25, -0.2) is 4.98 Å². The van der Waals surface area contributed by atoms with Crippen molar-refractivity contribution in [3.8, 4) is 0 Å². The monoisotopic (exact) mass is 238 g/mol. The summed E-state index contributed by atoms with van der Waals surface area (Å²) in [5, 5.41) is 0. The molecule has 0 unspecified atom stereocenters. The standard InChI is InChI=1S/C9H7BrN2O/c10-8-2-1-3-9-11-7(4-5-13)6-12(8)9/h1-3,5-6H,4H2. The lowest BCUT2D eigenvalue weighted by molar-refractivity contribution is -0.107. The number of carbonyl (C=O) groups is 1. The molecule has 0 fully saturated rings. The summed E-state index contributed by atoms with van der Waals surface area (Å²) in [7, 11) is 0. The number of imidazole rings is 1. The molecule has 13 heavy (non-hydrogen) atoms. The van der Waals surface area contributed by atoms with Crippen LogP contribution in [0.1, 0.15) is 5.69 Å². The quantitative estimate of drug-likeness (QED) is 0.591. The second kappa shape index (κ2) is 3.30. The van der Waals surface area contributed by atoms with Crippen LogP contribution >= 0.6 is 15.9 Å². The van der Waals surface area contributed by atoms with Gasteiger partial charge in [-0.2, -0.15) is 0 Å². The second-order valence-corrected chi connectivity index (χ2v) is 3.49. The SMILES string of the molecule is O=CCc1cn2c(Br)cccc2n1. The van der Waals surface area contributed by atoms with E-state index in [0.29, 0.717) is 6.42 Å². The van der Waals surface area contributed by atoms with Gasteiger partial charge in [0.25, 0.3) is 0 Å². The van der Waals surface area contributed by atoms with Crippen LogP contribution in [-0.2, 0) is 11.2 Å². The summed E-state index contributed by atoms with van der Waals surface area (Å²) < 4.78 is 2.84. The highest BCUT2D eigenvalue weighted by atomic mass is 79.9. The predicted octanol–water partition coefficient (Wildman–Crippen LogP) is 1.84. The van der Waals surface area contributed by atoms with Gasteiger partial charge in [-0.3, -0.25) is 4.40 Å². The smallest absolute Gasteiger partial charge is 0.137 e. The molecule has 0 N–H and O–H groups in total. The van der Waals surface area contributed by atoms with Crippen molar-refractivity contribution in [2.24, 2.45) is 0 Å². The number of pyridine rings is 1. The third kappa shape index (κ3) is 1.49. The average Bonchev–Trinajstić information content (AvgIpc) is 2.49. The predicted molar refractivity (Wildman–Crippen MR) is 52.7 cm³/mol. The number of hydrogen-bond donors (Lipinski definition) is 0. The number of hydrogen-bond acceptors (Lipinski definition) is 2. The molecule has 4 heteroatoms. The van der Waals surface area contributed by atoms with Crippen LogP contribution in [0, 0.1) is 0 Å². The Kier molecular flexibility index (Phi) is 2.14. The van der Waals surface area contributed by atoms with Crippen LogP contribution in [0.2, 0.25) is 0 Å². The van der Waals surface area contributed by atoms with Gasteiger partial charge in [0.2, 0.25) is 0 Å². The average molecular weight is 239 g/mol. The first-order chi connectivity index (χ1) is 6.31. The number of halogens is 1. The third-order valence-corrected chi connectivity index (χ3v) is 2.43. The van der Waals surface area contributed by atoms with Crippen LogP contribution in [0.4, 0.5) is 0 Å². The van der Waals surface area contributed by atoms with Gasteiger partial charge < -0.3 is 4.79 Å². The molecule has 0 aliphatic heterocycles. The minimum absolute atomic E-state index is 0.369. The minimum Gasteiger partial charge on any atom is -0.303 e. The molecule has 2 heterocycles. The molecular weight excluding hydrogens is 232 g/mol. The number of carbonyl (C=O) groups excluding carboxylic acids is 1. The Hall–Kier alpha value is -1.16. The van der Waals surface area contributed by atoms with Gasteiger partial charge in [0.05, 0.1) is 10.3 Å². The van der Waals surface area contributed by atoms with Gasteiger partial charge in [0.1, 0.15) is 11.9 Å². The fourth-order valence-corrected chi connectivity index (χ4v) is 1.65. The second-order valence-electron chi connectivity index (χ2n) is 2.68. The lowest BCUT2D eigenvalue weighted by Crippen LogP contribution is -1.83. The van der Waals surface area contributed by atoms with Crippen molar-refractivity contribution in [3.63, 3.8) is 0 Å². The zero-order valence-electron chi connectivity index (χ0n) is 6.77. The Morgan fingerprint density at radius 1 is 1.54 bits per heavy atom. The van der Waals surface area contributed by atoms with Crippen LogP contribution in [0.5, 0.6) is 0 Å². The van der Waals surface area contributed by atoms with Crippen molar-refractivity contribution >= 4 is 27.9 Å². The largest absolute Gasteiger partial charge is 0.303 e. The Labute approximate surface area is 83.5 Å². The molecule has 0 amide bonds. The van der Waals surface area contributed by atoms with Crippen LogP contribution < -0.4 is 0 Å². The van der Waals surface area contributed by atoms with E-state index in [2.05, 4.69) is 20.9 Å². The Balaban J connectivity index is 2.61. The number of aldehydes is 1. The first-order valence-corrected chi connectivity index (χ1v) is 4.66. The maximum Gasteiger partial charge on any atom is 0.137 e. The molecule has 0 saturated heterocycles. The van der Waals surface area contributed by atoms with Crippen molar-refractivity contribution in [1.29, 1.82) is 0 Å². The lowest BCUT2D eigenvalue weighted by Gasteiger charge is -1.93. The minimum atomic E-state index is 0.369. The summed E-state index contributed by atoms with van der Waals surface area (Å²) in [6.07, 6.45) is 3.08. The van der Waals surface area contributed by atoms with Gasteiger partial charge >= 0.3 is 0 Å². The number of rotatable bonds is 2. The zero-order valence-corrected chi connectivity index (χ0v) is 8.36. The Morgan fingerprint density at radius 2 is 2.38 bits per heavy atom. The normalized spacial score (nSPS) is 10.5. The first kappa shape index (κ1) is 8.44. The van der Waals surface area contributed by atoms with Gasteiger partial charge in [0.15, 0.2) is 0 Å². The molecule has 2 aromatic rings. The third-order valence-electron chi connectivity index (χ3n) is 1.78. The van der Waals surface area contributed by atoms with Gasteiger partial charge in [-0.1, -0.05) is 6.07 Å². The molecule has 3 nitrogen and oxygen atoms in total. The van der Waals surface area contributed by atoms with Crippen LogP contribution in [-0.4, -0.2) is 15.7 Å². The highest BCUT2D eigenvalue weighted by molar-refractivity contribution is 9.10. The molecule has 0 spiro atoms. The number of nitrogens with zero attached hydrogens (tertiary/aromatic N) is 2. The Bertz CT molecular complexity index is 450. The van der Waals surface area contributed by atoms with E-state index in [9.17, 15) is 4.79 Å². The molecule has 2 rings (SSSR count). The summed E-state index contributed by atoms with van der Waals surface area (Å²) >= 11 is 3.40. The molecule has 0 aliphatic carbocycles. The fourth-order valence-electron chi connectivity index (χ4n) is 1.21. The van der Waals surface area contributed by atoms with Gasteiger partial charge in [0, 0.05) is 12.6 Å². The summed E-state index contributed by atoms with van der Waals surface area (Å²) in [5.41, 5.74) is 1.65. The van der Waals surface area contributed by atoms with E-state index in [-0.39, 0.29) is 0 Å². The summed E-state index contributed by atoms with van der Waals surface area (Å²) in [6.45, 7) is 0. The molecule has 0 radical (unpaired) electrons. The van der Waals surface area contributed by atoms with Crippen molar-refractivity contribution in [2.75, 3.05) is 0 Å². The van der Waals surface area contributed by atoms with Crippen LogP contribution in [0.3, 0.4) is 0 Å². The van der Waals surface area contributed by atoms with Crippen LogP contribution in [0.25, 0.3) is 5.65 Å². The Morgan fingerprint density at radius 3 is 3.08 bits per heavy atom. The highest BCUT2D eigenvalue weighted by Crippen LogP contribution is 2.13. The highest BCUT2D eigenvalue weighted by Gasteiger charge is 2.01. The lowest BCUT2D eigenvalue weighted by atomic mass is 10.4. The molecule has 0 bridgehead atoms. The topological polar surface area (TPSA) is 34.4 Å². The number of fused-ring (bicyclic) bond motifs is 1. The summed E-state index contributed by atoms with van der Waals surface area (Å²) in [6, 6.07) is 5.75. The molecule has 0 aliphatic rings. The molecule has 0 saturated carbocycles. The van der Waals surface area contributed by atoms with Crippen molar-refractivity contribution in [3.05, 3.63) is 34.7 Å². The maximum atomic E-state index is 10.3. The van der Waals surface area contributed by atoms with E-state index in [1.165, 1.54) is 0 Å². The molecule has 2 aromatic heterocycles. The van der Waals surface area contributed by atoms with Gasteiger partial charge in [-0.05, 0) is 28.1 Å². The number of aromatic nitrogens is 2.